The zero-order chi connectivity index (χ0) is 9.78. The third-order valence-corrected chi connectivity index (χ3v) is 1.89. The zero-order valence-electron chi connectivity index (χ0n) is 8.26. The lowest BCUT2D eigenvalue weighted by molar-refractivity contribution is -0.159. The first-order valence-electron chi connectivity index (χ1n) is 4.24. The third kappa shape index (κ3) is 4.65. The molecule has 0 aliphatic rings. The monoisotopic (exact) mass is 190 g/mol. The van der Waals surface area contributed by atoms with Gasteiger partial charge in [0.15, 0.2) is 0 Å². The summed E-state index contributed by atoms with van der Waals surface area (Å²) in [7, 11) is 0. The number of carbonyl (C=O) groups excluding carboxylic acids is 1. The van der Waals surface area contributed by atoms with E-state index in [4.69, 9.17) is 4.74 Å². The fourth-order valence-corrected chi connectivity index (χ4v) is 1.16. The predicted molar refractivity (Wildman–Crippen MR) is 53.5 cm³/mol. The standard InChI is InChI=1S/C9H18O2S/c1-5-7(6-12)8(10)11-9(2,3)4/h7,12H,5-6H2,1-4H3. The van der Waals surface area contributed by atoms with Crippen LogP contribution in [0.1, 0.15) is 34.1 Å². The molecule has 3 heteroatoms. The Kier molecular flexibility index (Phi) is 4.68. The van der Waals surface area contributed by atoms with Crippen LogP contribution in [0.3, 0.4) is 0 Å². The van der Waals surface area contributed by atoms with Gasteiger partial charge in [-0.15, -0.1) is 0 Å². The van der Waals surface area contributed by atoms with Gasteiger partial charge in [0, 0.05) is 5.75 Å². The lowest BCUT2D eigenvalue weighted by Gasteiger charge is -2.22. The first kappa shape index (κ1) is 11.8. The van der Waals surface area contributed by atoms with E-state index in [1.807, 2.05) is 27.7 Å². The second-order valence-electron chi connectivity index (χ2n) is 3.82. The topological polar surface area (TPSA) is 26.3 Å². The highest BCUT2D eigenvalue weighted by molar-refractivity contribution is 7.80. The maximum atomic E-state index is 11.3. The van der Waals surface area contributed by atoms with E-state index in [9.17, 15) is 4.79 Å². The summed E-state index contributed by atoms with van der Waals surface area (Å²) in [6, 6.07) is 0. The van der Waals surface area contributed by atoms with Gasteiger partial charge >= 0.3 is 5.97 Å². The quantitative estimate of drug-likeness (QED) is 0.546. The largest absolute Gasteiger partial charge is 0.460 e. The summed E-state index contributed by atoms with van der Waals surface area (Å²) in [6.07, 6.45) is 0.790. The Morgan fingerprint density at radius 2 is 2.00 bits per heavy atom. The molecule has 0 aromatic heterocycles. The van der Waals surface area contributed by atoms with Gasteiger partial charge in [-0.1, -0.05) is 6.92 Å². The van der Waals surface area contributed by atoms with Crippen LogP contribution in [0.25, 0.3) is 0 Å². The van der Waals surface area contributed by atoms with Crippen molar-refractivity contribution in [3.63, 3.8) is 0 Å². The fraction of sp³-hybridized carbons (Fsp3) is 0.889. The molecule has 0 aliphatic heterocycles. The van der Waals surface area contributed by atoms with Gasteiger partial charge in [-0.05, 0) is 27.2 Å². The van der Waals surface area contributed by atoms with Crippen molar-refractivity contribution in [2.45, 2.75) is 39.7 Å². The zero-order valence-corrected chi connectivity index (χ0v) is 9.15. The maximum Gasteiger partial charge on any atom is 0.310 e. The molecule has 0 aliphatic carbocycles. The molecule has 0 fully saturated rings. The number of hydrogen-bond acceptors (Lipinski definition) is 3. The maximum absolute atomic E-state index is 11.3. The molecule has 0 aromatic rings. The van der Waals surface area contributed by atoms with Gasteiger partial charge in [0.1, 0.15) is 5.60 Å². The molecule has 12 heavy (non-hydrogen) atoms. The molecular formula is C9H18O2S. The fourth-order valence-electron chi connectivity index (χ4n) is 0.755. The second kappa shape index (κ2) is 4.75. The summed E-state index contributed by atoms with van der Waals surface area (Å²) in [6.45, 7) is 7.58. The number of esters is 1. The molecule has 0 radical (unpaired) electrons. The van der Waals surface area contributed by atoms with Crippen molar-refractivity contribution < 1.29 is 9.53 Å². The molecule has 0 rings (SSSR count). The van der Waals surface area contributed by atoms with Crippen molar-refractivity contribution in [3.8, 4) is 0 Å². The second-order valence-corrected chi connectivity index (χ2v) is 4.19. The molecule has 0 amide bonds. The van der Waals surface area contributed by atoms with E-state index in [1.54, 1.807) is 0 Å². The van der Waals surface area contributed by atoms with Crippen molar-refractivity contribution >= 4 is 18.6 Å². The van der Waals surface area contributed by atoms with Crippen LogP contribution >= 0.6 is 12.6 Å². The predicted octanol–water partition coefficient (Wildman–Crippen LogP) is 2.28. The van der Waals surface area contributed by atoms with E-state index >= 15 is 0 Å². The van der Waals surface area contributed by atoms with Crippen LogP contribution in [-0.4, -0.2) is 17.3 Å². The normalized spacial score (nSPS) is 14.1. The van der Waals surface area contributed by atoms with Gasteiger partial charge < -0.3 is 4.74 Å². The Hall–Kier alpha value is -0.180. The van der Waals surface area contributed by atoms with Crippen LogP contribution in [0.4, 0.5) is 0 Å². The molecule has 72 valence electrons. The third-order valence-electron chi connectivity index (χ3n) is 1.45. The Morgan fingerprint density at radius 1 is 1.50 bits per heavy atom. The van der Waals surface area contributed by atoms with Gasteiger partial charge in [0.2, 0.25) is 0 Å². The molecule has 0 heterocycles. The van der Waals surface area contributed by atoms with Gasteiger partial charge in [-0.2, -0.15) is 12.6 Å². The molecule has 2 nitrogen and oxygen atoms in total. The summed E-state index contributed by atoms with van der Waals surface area (Å²) in [4.78, 5) is 11.3. The average molecular weight is 190 g/mol. The van der Waals surface area contributed by atoms with Crippen molar-refractivity contribution in [2.75, 3.05) is 5.75 Å². The number of rotatable bonds is 3. The Balaban J connectivity index is 4.02. The van der Waals surface area contributed by atoms with Gasteiger partial charge in [-0.3, -0.25) is 4.79 Å². The van der Waals surface area contributed by atoms with E-state index in [0.29, 0.717) is 5.75 Å². The molecular weight excluding hydrogens is 172 g/mol. The van der Waals surface area contributed by atoms with Crippen LogP contribution in [-0.2, 0) is 9.53 Å². The summed E-state index contributed by atoms with van der Waals surface area (Å²) >= 11 is 4.08. The highest BCUT2D eigenvalue weighted by atomic mass is 32.1. The summed E-state index contributed by atoms with van der Waals surface area (Å²) < 4.78 is 5.19. The molecule has 0 saturated heterocycles. The SMILES string of the molecule is CCC(CS)C(=O)OC(C)(C)C. The minimum Gasteiger partial charge on any atom is -0.460 e. The van der Waals surface area contributed by atoms with Crippen molar-refractivity contribution in [1.29, 1.82) is 0 Å². The first-order valence-corrected chi connectivity index (χ1v) is 4.87. The number of hydrogen-bond donors (Lipinski definition) is 1. The number of thiol groups is 1. The van der Waals surface area contributed by atoms with E-state index in [0.717, 1.165) is 6.42 Å². The van der Waals surface area contributed by atoms with Gasteiger partial charge in [0.05, 0.1) is 5.92 Å². The van der Waals surface area contributed by atoms with E-state index in [2.05, 4.69) is 12.6 Å². The van der Waals surface area contributed by atoms with Crippen LogP contribution in [0.15, 0.2) is 0 Å². The minimum atomic E-state index is -0.381. The highest BCUT2D eigenvalue weighted by Gasteiger charge is 2.22. The van der Waals surface area contributed by atoms with E-state index in [1.165, 1.54) is 0 Å². The van der Waals surface area contributed by atoms with Gasteiger partial charge in [0.25, 0.3) is 0 Å². The first-order chi connectivity index (χ1) is 5.40. The summed E-state index contributed by atoms with van der Waals surface area (Å²) in [5, 5.41) is 0. The average Bonchev–Trinajstić information content (AvgIpc) is 1.85. The molecule has 1 unspecified atom stereocenters. The van der Waals surface area contributed by atoms with Gasteiger partial charge in [-0.25, -0.2) is 0 Å². The van der Waals surface area contributed by atoms with E-state index in [-0.39, 0.29) is 17.5 Å². The summed E-state index contributed by atoms with van der Waals surface area (Å²) in [5.41, 5.74) is -0.381. The summed E-state index contributed by atoms with van der Waals surface area (Å²) in [5.74, 6) is 0.360. The van der Waals surface area contributed by atoms with E-state index < -0.39 is 0 Å². The van der Waals surface area contributed by atoms with Crippen LogP contribution in [0.5, 0.6) is 0 Å². The number of carbonyl (C=O) groups is 1. The Morgan fingerprint density at radius 3 is 2.25 bits per heavy atom. The van der Waals surface area contributed by atoms with Crippen molar-refractivity contribution in [2.24, 2.45) is 5.92 Å². The minimum absolute atomic E-state index is 0.0624. The van der Waals surface area contributed by atoms with Crippen LogP contribution in [0, 0.1) is 5.92 Å². The highest BCUT2D eigenvalue weighted by Crippen LogP contribution is 2.14. The van der Waals surface area contributed by atoms with Crippen LogP contribution < -0.4 is 0 Å². The Labute approximate surface area is 80.1 Å². The lowest BCUT2D eigenvalue weighted by atomic mass is 10.1. The molecule has 1 atom stereocenters. The molecule has 0 saturated carbocycles. The smallest absolute Gasteiger partial charge is 0.310 e. The molecule has 0 aromatic carbocycles. The molecule has 0 bridgehead atoms. The lowest BCUT2D eigenvalue weighted by Crippen LogP contribution is -2.29. The number of ether oxygens (including phenoxy) is 1. The van der Waals surface area contributed by atoms with Crippen LogP contribution in [0.2, 0.25) is 0 Å². The van der Waals surface area contributed by atoms with Crippen molar-refractivity contribution in [3.05, 3.63) is 0 Å². The van der Waals surface area contributed by atoms with Crippen molar-refractivity contribution in [1.82, 2.24) is 0 Å². The molecule has 0 N–H and O–H groups in total. The Bertz CT molecular complexity index is 145. The molecule has 0 spiro atoms.